The first-order valence-corrected chi connectivity index (χ1v) is 4.91. The van der Waals surface area contributed by atoms with E-state index in [0.29, 0.717) is 17.8 Å². The summed E-state index contributed by atoms with van der Waals surface area (Å²) in [7, 11) is 0. The lowest BCUT2D eigenvalue weighted by molar-refractivity contribution is 0.622. The zero-order valence-corrected chi connectivity index (χ0v) is 8.28. The molecule has 1 aliphatic rings. The lowest BCUT2D eigenvalue weighted by atomic mass is 10.2. The molecule has 1 aliphatic heterocycles. The third kappa shape index (κ3) is 1.92. The van der Waals surface area contributed by atoms with Crippen LogP contribution in [0.2, 0.25) is 0 Å². The van der Waals surface area contributed by atoms with Gasteiger partial charge < -0.3 is 10.6 Å². The van der Waals surface area contributed by atoms with Gasteiger partial charge in [-0.15, -0.1) is 0 Å². The summed E-state index contributed by atoms with van der Waals surface area (Å²) < 4.78 is 13.6. The largest absolute Gasteiger partial charge is 0.368 e. The number of nitriles is 1. The average Bonchev–Trinajstić information content (AvgIpc) is 2.64. The zero-order chi connectivity index (χ0) is 10.8. The minimum absolute atomic E-state index is 0.125. The van der Waals surface area contributed by atoms with E-state index in [1.807, 2.05) is 11.0 Å². The van der Waals surface area contributed by atoms with Gasteiger partial charge in [0, 0.05) is 19.1 Å². The molecule has 0 spiro atoms. The van der Waals surface area contributed by atoms with Crippen molar-refractivity contribution in [1.82, 2.24) is 0 Å². The lowest BCUT2D eigenvalue weighted by Gasteiger charge is -2.18. The van der Waals surface area contributed by atoms with Crippen molar-refractivity contribution in [3.8, 4) is 6.07 Å². The SMILES string of the molecule is N#Cc1ccc(N2CC[C@H](N)C2)c(F)c1. The molecule has 4 heteroatoms. The number of nitrogens with zero attached hydrogens (tertiary/aromatic N) is 2. The molecule has 1 heterocycles. The van der Waals surface area contributed by atoms with Crippen molar-refractivity contribution in [2.75, 3.05) is 18.0 Å². The van der Waals surface area contributed by atoms with Crippen LogP contribution in [-0.4, -0.2) is 19.1 Å². The second-order valence-electron chi connectivity index (χ2n) is 3.77. The molecule has 0 aliphatic carbocycles. The maximum absolute atomic E-state index is 13.6. The monoisotopic (exact) mass is 205 g/mol. The highest BCUT2D eigenvalue weighted by Gasteiger charge is 2.21. The summed E-state index contributed by atoms with van der Waals surface area (Å²) in [4.78, 5) is 1.92. The lowest BCUT2D eigenvalue weighted by Crippen LogP contribution is -2.26. The molecule has 2 N–H and O–H groups in total. The Labute approximate surface area is 87.9 Å². The first kappa shape index (κ1) is 9.94. The van der Waals surface area contributed by atoms with E-state index in [-0.39, 0.29) is 11.9 Å². The van der Waals surface area contributed by atoms with Gasteiger partial charge in [-0.2, -0.15) is 5.26 Å². The van der Waals surface area contributed by atoms with Crippen molar-refractivity contribution < 1.29 is 4.39 Å². The van der Waals surface area contributed by atoms with Gasteiger partial charge in [0.15, 0.2) is 0 Å². The molecule has 1 atom stereocenters. The van der Waals surface area contributed by atoms with E-state index < -0.39 is 0 Å². The number of hydrogen-bond acceptors (Lipinski definition) is 3. The van der Waals surface area contributed by atoms with Crippen molar-refractivity contribution >= 4 is 5.69 Å². The second kappa shape index (κ2) is 3.87. The normalized spacial score (nSPS) is 20.3. The van der Waals surface area contributed by atoms with Crippen molar-refractivity contribution in [2.24, 2.45) is 5.73 Å². The Morgan fingerprint density at radius 3 is 2.87 bits per heavy atom. The fourth-order valence-corrected chi connectivity index (χ4v) is 1.84. The molecule has 0 aromatic heterocycles. The molecule has 78 valence electrons. The van der Waals surface area contributed by atoms with E-state index in [4.69, 9.17) is 11.0 Å². The standard InChI is InChI=1S/C11H12FN3/c12-10-5-8(6-13)1-2-11(10)15-4-3-9(14)7-15/h1-2,5,9H,3-4,7,14H2/t9-/m0/s1. The predicted octanol–water partition coefficient (Wildman–Crippen LogP) is 1.23. The van der Waals surface area contributed by atoms with E-state index in [1.165, 1.54) is 6.07 Å². The maximum Gasteiger partial charge on any atom is 0.147 e. The van der Waals surface area contributed by atoms with Crippen LogP contribution in [0.15, 0.2) is 18.2 Å². The van der Waals surface area contributed by atoms with Gasteiger partial charge >= 0.3 is 0 Å². The predicted molar refractivity (Wildman–Crippen MR) is 55.9 cm³/mol. The van der Waals surface area contributed by atoms with Crippen molar-refractivity contribution in [3.63, 3.8) is 0 Å². The first-order valence-electron chi connectivity index (χ1n) is 4.91. The van der Waals surface area contributed by atoms with Crippen LogP contribution in [0.4, 0.5) is 10.1 Å². The molecule has 1 aromatic rings. The Balaban J connectivity index is 2.26. The van der Waals surface area contributed by atoms with E-state index >= 15 is 0 Å². The molecule has 1 saturated heterocycles. The molecule has 2 rings (SSSR count). The number of benzene rings is 1. The van der Waals surface area contributed by atoms with Gasteiger partial charge in [-0.3, -0.25) is 0 Å². The topological polar surface area (TPSA) is 53.0 Å². The van der Waals surface area contributed by atoms with E-state index in [9.17, 15) is 4.39 Å². The highest BCUT2D eigenvalue weighted by molar-refractivity contribution is 5.52. The molecule has 0 amide bonds. The van der Waals surface area contributed by atoms with E-state index in [0.717, 1.165) is 13.0 Å². The average molecular weight is 205 g/mol. The summed E-state index contributed by atoms with van der Waals surface area (Å²) >= 11 is 0. The second-order valence-corrected chi connectivity index (χ2v) is 3.77. The van der Waals surface area contributed by atoms with Gasteiger partial charge in [-0.05, 0) is 24.6 Å². The quantitative estimate of drug-likeness (QED) is 0.750. The Morgan fingerprint density at radius 1 is 1.53 bits per heavy atom. The van der Waals surface area contributed by atoms with Crippen molar-refractivity contribution in [1.29, 1.82) is 5.26 Å². The molecule has 0 radical (unpaired) electrons. The highest BCUT2D eigenvalue weighted by atomic mass is 19.1. The van der Waals surface area contributed by atoms with E-state index in [2.05, 4.69) is 0 Å². The Hall–Kier alpha value is -1.60. The summed E-state index contributed by atoms with van der Waals surface area (Å²) in [6.45, 7) is 1.47. The van der Waals surface area contributed by atoms with Crippen LogP contribution in [0.5, 0.6) is 0 Å². The van der Waals surface area contributed by atoms with Gasteiger partial charge in [-0.25, -0.2) is 4.39 Å². The third-order valence-electron chi connectivity index (χ3n) is 2.64. The Bertz CT molecular complexity index is 411. The third-order valence-corrected chi connectivity index (χ3v) is 2.64. The summed E-state index contributed by atoms with van der Waals surface area (Å²) in [6.07, 6.45) is 0.888. The number of nitrogens with two attached hydrogens (primary N) is 1. The molecule has 0 bridgehead atoms. The smallest absolute Gasteiger partial charge is 0.147 e. The summed E-state index contributed by atoms with van der Waals surface area (Å²) in [6, 6.07) is 6.57. The highest BCUT2D eigenvalue weighted by Crippen LogP contribution is 2.23. The van der Waals surface area contributed by atoms with Gasteiger partial charge in [0.25, 0.3) is 0 Å². The van der Waals surface area contributed by atoms with Crippen molar-refractivity contribution in [3.05, 3.63) is 29.6 Å². The molecule has 15 heavy (non-hydrogen) atoms. The number of rotatable bonds is 1. The van der Waals surface area contributed by atoms with Crippen LogP contribution in [0.25, 0.3) is 0 Å². The van der Waals surface area contributed by atoms with Crippen LogP contribution in [0.3, 0.4) is 0 Å². The fraction of sp³-hybridized carbons (Fsp3) is 0.364. The molecule has 0 saturated carbocycles. The molecule has 0 unspecified atom stereocenters. The maximum atomic E-state index is 13.6. The van der Waals surface area contributed by atoms with Crippen LogP contribution >= 0.6 is 0 Å². The van der Waals surface area contributed by atoms with Crippen LogP contribution < -0.4 is 10.6 Å². The minimum Gasteiger partial charge on any atom is -0.368 e. The van der Waals surface area contributed by atoms with Crippen LogP contribution in [-0.2, 0) is 0 Å². The molecule has 3 nitrogen and oxygen atoms in total. The van der Waals surface area contributed by atoms with Gasteiger partial charge in [0.2, 0.25) is 0 Å². The number of anilines is 1. The zero-order valence-electron chi connectivity index (χ0n) is 8.28. The van der Waals surface area contributed by atoms with Gasteiger partial charge in [0.1, 0.15) is 5.82 Å². The fourth-order valence-electron chi connectivity index (χ4n) is 1.84. The number of halogens is 1. The van der Waals surface area contributed by atoms with Crippen molar-refractivity contribution in [2.45, 2.75) is 12.5 Å². The number of hydrogen-bond donors (Lipinski definition) is 1. The van der Waals surface area contributed by atoms with E-state index in [1.54, 1.807) is 12.1 Å². The van der Waals surface area contributed by atoms with Crippen LogP contribution in [0, 0.1) is 17.1 Å². The Kier molecular flexibility index (Phi) is 2.57. The van der Waals surface area contributed by atoms with Gasteiger partial charge in [0.05, 0.1) is 17.3 Å². The molecular weight excluding hydrogens is 193 g/mol. The summed E-state index contributed by atoms with van der Waals surface area (Å²) in [5.41, 5.74) is 6.64. The summed E-state index contributed by atoms with van der Waals surface area (Å²) in [5, 5.41) is 8.61. The molecular formula is C11H12FN3. The Morgan fingerprint density at radius 2 is 2.33 bits per heavy atom. The minimum atomic E-state index is -0.344. The summed E-state index contributed by atoms with van der Waals surface area (Å²) in [5.74, 6) is -0.344. The molecule has 1 aromatic carbocycles. The molecule has 1 fully saturated rings. The first-order chi connectivity index (χ1) is 7.20. The van der Waals surface area contributed by atoms with Gasteiger partial charge in [-0.1, -0.05) is 0 Å². The van der Waals surface area contributed by atoms with Crippen LogP contribution in [0.1, 0.15) is 12.0 Å².